The monoisotopic (exact) mass is 421 g/mol. The first-order valence-electron chi connectivity index (χ1n) is 8.56. The molecule has 3 heterocycles. The van der Waals surface area contributed by atoms with E-state index in [1.54, 1.807) is 34.8 Å². The summed E-state index contributed by atoms with van der Waals surface area (Å²) in [5.74, 6) is 0. The number of morpholine rings is 1. The first kappa shape index (κ1) is 18.7. The summed E-state index contributed by atoms with van der Waals surface area (Å²) in [6.45, 7) is 3.67. The maximum atomic E-state index is 12.7. The van der Waals surface area contributed by atoms with Crippen molar-refractivity contribution in [2.24, 2.45) is 0 Å². The number of hydrogen-bond donors (Lipinski definition) is 0. The van der Waals surface area contributed by atoms with E-state index in [4.69, 9.17) is 4.74 Å². The van der Waals surface area contributed by atoms with Crippen LogP contribution in [0.25, 0.3) is 11.3 Å². The lowest BCUT2D eigenvalue weighted by molar-refractivity contribution is 0.0730. The zero-order valence-electron chi connectivity index (χ0n) is 14.8. The van der Waals surface area contributed by atoms with Crippen molar-refractivity contribution >= 4 is 32.7 Å². The Hall–Kier alpha value is -1.65. The van der Waals surface area contributed by atoms with Gasteiger partial charge in [-0.2, -0.15) is 4.31 Å². The average Bonchev–Trinajstić information content (AvgIpc) is 3.32. The highest BCUT2D eigenvalue weighted by atomic mass is 32.2. The highest BCUT2D eigenvalue weighted by Gasteiger charge is 2.26. The Balaban J connectivity index is 1.50. The summed E-state index contributed by atoms with van der Waals surface area (Å²) in [6, 6.07) is 6.95. The van der Waals surface area contributed by atoms with Crippen LogP contribution in [0, 0.1) is 6.92 Å². The van der Waals surface area contributed by atoms with Gasteiger partial charge in [0.2, 0.25) is 10.0 Å². The Kier molecular flexibility index (Phi) is 5.38. The minimum atomic E-state index is -3.47. The summed E-state index contributed by atoms with van der Waals surface area (Å²) in [5, 5.41) is 6.11. The molecule has 3 aromatic rings. The molecule has 0 bridgehead atoms. The average molecular weight is 422 g/mol. The van der Waals surface area contributed by atoms with Gasteiger partial charge in [-0.3, -0.25) is 0 Å². The Morgan fingerprint density at radius 2 is 1.81 bits per heavy atom. The van der Waals surface area contributed by atoms with Gasteiger partial charge in [0.05, 0.1) is 39.5 Å². The summed E-state index contributed by atoms with van der Waals surface area (Å²) < 4.78 is 32.1. The molecule has 6 nitrogen and oxygen atoms in total. The Morgan fingerprint density at radius 1 is 1.07 bits per heavy atom. The van der Waals surface area contributed by atoms with Gasteiger partial charge >= 0.3 is 0 Å². The van der Waals surface area contributed by atoms with E-state index in [2.05, 4.69) is 15.3 Å². The zero-order chi connectivity index (χ0) is 18.9. The second-order valence-electron chi connectivity index (χ2n) is 6.20. The topological polar surface area (TPSA) is 72.4 Å². The van der Waals surface area contributed by atoms with Gasteiger partial charge in [0, 0.05) is 35.8 Å². The number of ether oxygens (including phenoxy) is 1. The summed E-state index contributed by atoms with van der Waals surface area (Å²) >= 11 is 3.23. The molecule has 9 heteroatoms. The molecular formula is C18H19N3O3S3. The van der Waals surface area contributed by atoms with E-state index in [-0.39, 0.29) is 0 Å². The molecule has 0 radical (unpaired) electrons. The van der Waals surface area contributed by atoms with Crippen molar-refractivity contribution in [3.05, 3.63) is 50.7 Å². The first-order chi connectivity index (χ1) is 13.0. The lowest BCUT2D eigenvalue weighted by Crippen LogP contribution is -2.40. The second kappa shape index (κ2) is 7.76. The second-order valence-corrected chi connectivity index (χ2v) is 10.1. The maximum absolute atomic E-state index is 12.7. The van der Waals surface area contributed by atoms with E-state index in [1.807, 2.05) is 24.4 Å². The molecule has 1 aliphatic heterocycles. The molecule has 2 aromatic heterocycles. The largest absolute Gasteiger partial charge is 0.379 e. The van der Waals surface area contributed by atoms with E-state index in [9.17, 15) is 8.42 Å². The third-order valence-electron chi connectivity index (χ3n) is 4.31. The van der Waals surface area contributed by atoms with Gasteiger partial charge in [0.25, 0.3) is 0 Å². The minimum Gasteiger partial charge on any atom is -0.379 e. The van der Waals surface area contributed by atoms with Crippen molar-refractivity contribution in [1.82, 2.24) is 14.3 Å². The third-order valence-corrected chi connectivity index (χ3v) is 7.89. The molecule has 0 aliphatic carbocycles. The number of aryl methyl sites for hydroxylation is 1. The fourth-order valence-corrected chi connectivity index (χ4v) is 5.74. The van der Waals surface area contributed by atoms with E-state index in [1.165, 1.54) is 4.31 Å². The molecule has 142 valence electrons. The van der Waals surface area contributed by atoms with Crippen molar-refractivity contribution in [1.29, 1.82) is 0 Å². The van der Waals surface area contributed by atoms with Crippen LogP contribution in [-0.4, -0.2) is 49.0 Å². The van der Waals surface area contributed by atoms with Crippen LogP contribution in [0.2, 0.25) is 0 Å². The van der Waals surface area contributed by atoms with Gasteiger partial charge in [-0.1, -0.05) is 12.1 Å². The lowest BCUT2D eigenvalue weighted by atomic mass is 10.2. The van der Waals surface area contributed by atoms with Crippen LogP contribution >= 0.6 is 22.7 Å². The molecular weight excluding hydrogens is 402 g/mol. The smallest absolute Gasteiger partial charge is 0.243 e. The van der Waals surface area contributed by atoms with Crippen LogP contribution in [0.4, 0.5) is 0 Å². The van der Waals surface area contributed by atoms with Crippen LogP contribution in [-0.2, 0) is 21.2 Å². The molecule has 0 atom stereocenters. The zero-order valence-corrected chi connectivity index (χ0v) is 17.2. The molecule has 1 saturated heterocycles. The number of rotatable bonds is 5. The van der Waals surface area contributed by atoms with E-state index in [0.717, 1.165) is 33.4 Å². The summed E-state index contributed by atoms with van der Waals surface area (Å²) in [7, 11) is -3.47. The van der Waals surface area contributed by atoms with Crippen LogP contribution in [0.15, 0.2) is 39.9 Å². The number of benzene rings is 1. The molecule has 0 spiro atoms. The van der Waals surface area contributed by atoms with E-state index in [0.29, 0.717) is 31.2 Å². The number of sulfonamides is 1. The van der Waals surface area contributed by atoms with Gasteiger partial charge in [-0.15, -0.1) is 22.7 Å². The highest BCUT2D eigenvalue weighted by Crippen LogP contribution is 2.26. The van der Waals surface area contributed by atoms with Gasteiger partial charge in [-0.05, 0) is 19.1 Å². The van der Waals surface area contributed by atoms with Crippen molar-refractivity contribution in [3.63, 3.8) is 0 Å². The fraction of sp³-hybridized carbons (Fsp3) is 0.333. The normalized spacial score (nSPS) is 15.9. The number of nitrogens with zero attached hydrogens (tertiary/aromatic N) is 3. The number of hydrogen-bond acceptors (Lipinski definition) is 7. The molecule has 27 heavy (non-hydrogen) atoms. The first-order valence-corrected chi connectivity index (χ1v) is 11.8. The summed E-state index contributed by atoms with van der Waals surface area (Å²) in [5.41, 5.74) is 2.80. The van der Waals surface area contributed by atoms with Crippen LogP contribution in [0.3, 0.4) is 0 Å². The van der Waals surface area contributed by atoms with Gasteiger partial charge in [-0.25, -0.2) is 18.4 Å². The van der Waals surface area contributed by atoms with Crippen LogP contribution < -0.4 is 0 Å². The summed E-state index contributed by atoms with van der Waals surface area (Å²) in [4.78, 5) is 9.46. The predicted octanol–water partition coefficient (Wildman–Crippen LogP) is 3.19. The van der Waals surface area contributed by atoms with Crippen LogP contribution in [0.1, 0.15) is 15.7 Å². The molecule has 4 rings (SSSR count). The molecule has 0 saturated carbocycles. The number of thiazole rings is 2. The highest BCUT2D eigenvalue weighted by molar-refractivity contribution is 7.89. The Bertz CT molecular complexity index is 1020. The molecule has 1 aliphatic rings. The molecule has 0 unspecified atom stereocenters. The van der Waals surface area contributed by atoms with E-state index >= 15 is 0 Å². The lowest BCUT2D eigenvalue weighted by Gasteiger charge is -2.26. The van der Waals surface area contributed by atoms with Gasteiger partial charge in [0.15, 0.2) is 0 Å². The molecule has 0 amide bonds. The minimum absolute atomic E-state index is 0.307. The SMILES string of the molecule is Cc1nc(Cc2nc(-c3ccc(S(=O)(=O)N4CCOCC4)cc3)cs2)cs1. The quantitative estimate of drug-likeness (QED) is 0.633. The fourth-order valence-electron chi connectivity index (χ4n) is 2.90. The standard InChI is InChI=1S/C18H19N3O3S3/c1-13-19-15(11-25-13)10-18-20-17(12-26-18)14-2-4-16(5-3-14)27(22,23)21-6-8-24-9-7-21/h2-5,11-12H,6-10H2,1H3. The molecule has 1 fully saturated rings. The third kappa shape index (κ3) is 4.12. The summed E-state index contributed by atoms with van der Waals surface area (Å²) in [6.07, 6.45) is 0.721. The van der Waals surface area contributed by atoms with Crippen molar-refractivity contribution in [3.8, 4) is 11.3 Å². The van der Waals surface area contributed by atoms with Crippen molar-refractivity contribution < 1.29 is 13.2 Å². The Morgan fingerprint density at radius 3 is 2.48 bits per heavy atom. The Labute approximate surface area is 166 Å². The van der Waals surface area contributed by atoms with Crippen LogP contribution in [0.5, 0.6) is 0 Å². The molecule has 1 aromatic carbocycles. The molecule has 0 N–H and O–H groups in total. The van der Waals surface area contributed by atoms with Crippen molar-refractivity contribution in [2.75, 3.05) is 26.3 Å². The van der Waals surface area contributed by atoms with Gasteiger partial charge in [0.1, 0.15) is 0 Å². The van der Waals surface area contributed by atoms with Crippen molar-refractivity contribution in [2.45, 2.75) is 18.2 Å². The number of aromatic nitrogens is 2. The van der Waals surface area contributed by atoms with E-state index < -0.39 is 10.0 Å². The predicted molar refractivity (Wildman–Crippen MR) is 107 cm³/mol. The maximum Gasteiger partial charge on any atom is 0.243 e. The van der Waals surface area contributed by atoms with Gasteiger partial charge < -0.3 is 4.74 Å².